The Kier molecular flexibility index (Phi) is 4.90. The molecule has 0 bridgehead atoms. The van der Waals surface area contributed by atoms with Crippen LogP contribution in [0.3, 0.4) is 0 Å². The van der Waals surface area contributed by atoms with Gasteiger partial charge in [0.1, 0.15) is 0 Å². The van der Waals surface area contributed by atoms with Crippen molar-refractivity contribution in [1.82, 2.24) is 0 Å². The topological polar surface area (TPSA) is 58.2 Å². The zero-order valence-electron chi connectivity index (χ0n) is 13.8. The Bertz CT molecular complexity index is 789. The fourth-order valence-corrected chi connectivity index (χ4v) is 3.90. The number of aryl methyl sites for hydroxylation is 2. The maximum Gasteiger partial charge on any atom is 0.238 e. The molecule has 0 fully saturated rings. The van der Waals surface area contributed by atoms with E-state index in [4.69, 9.17) is 0 Å². The van der Waals surface area contributed by atoms with Gasteiger partial charge in [0.25, 0.3) is 0 Å². The number of hydrogen-bond acceptors (Lipinski definition) is 3. The minimum atomic E-state index is -0.408. The number of carbonyl (C=O) groups is 2. The molecule has 1 heterocycles. The third-order valence-corrected chi connectivity index (χ3v) is 5.36. The van der Waals surface area contributed by atoms with E-state index in [1.165, 1.54) is 11.8 Å². The Labute approximate surface area is 146 Å². The number of anilines is 2. The first-order valence-corrected chi connectivity index (χ1v) is 8.91. The molecule has 2 aromatic rings. The number of nitrogens with one attached hydrogen (secondary N) is 2. The third kappa shape index (κ3) is 3.46. The smallest absolute Gasteiger partial charge is 0.238 e. The van der Waals surface area contributed by atoms with Crippen LogP contribution >= 0.6 is 11.8 Å². The van der Waals surface area contributed by atoms with Crippen molar-refractivity contribution in [3.8, 4) is 0 Å². The van der Waals surface area contributed by atoms with Gasteiger partial charge in [-0.3, -0.25) is 9.59 Å². The monoisotopic (exact) mass is 340 g/mol. The number of rotatable bonds is 4. The van der Waals surface area contributed by atoms with E-state index in [9.17, 15) is 9.59 Å². The Morgan fingerprint density at radius 3 is 2.79 bits per heavy atom. The summed E-state index contributed by atoms with van der Waals surface area (Å²) in [6.45, 7) is 4.04. The first-order chi connectivity index (χ1) is 11.6. The standard InChI is InChI=1S/C19H20N2O2S/c1-3-13-8-6-7-12(2)18(13)21-17(22)11-16-19(23)20-14-9-4-5-10-15(14)24-16/h4-10,16H,3,11H2,1-2H3,(H,20,23)(H,21,22)/t16-/m0/s1. The molecule has 0 saturated heterocycles. The number of thioether (sulfide) groups is 1. The predicted octanol–water partition coefficient (Wildman–Crippen LogP) is 4.00. The second-order valence-corrected chi connectivity index (χ2v) is 7.05. The average Bonchev–Trinajstić information content (AvgIpc) is 2.57. The summed E-state index contributed by atoms with van der Waals surface area (Å²) in [5.41, 5.74) is 3.83. The first-order valence-electron chi connectivity index (χ1n) is 8.03. The summed E-state index contributed by atoms with van der Waals surface area (Å²) in [6.07, 6.45) is 1.01. The van der Waals surface area contributed by atoms with Crippen LogP contribution in [-0.4, -0.2) is 17.1 Å². The van der Waals surface area contributed by atoms with Gasteiger partial charge in [-0.2, -0.15) is 0 Å². The van der Waals surface area contributed by atoms with Gasteiger partial charge >= 0.3 is 0 Å². The summed E-state index contributed by atoms with van der Waals surface area (Å²) in [7, 11) is 0. The first kappa shape index (κ1) is 16.6. The summed E-state index contributed by atoms with van der Waals surface area (Å²) in [5, 5.41) is 5.45. The van der Waals surface area contributed by atoms with Gasteiger partial charge < -0.3 is 10.6 Å². The van der Waals surface area contributed by atoms with E-state index in [1.54, 1.807) is 0 Å². The molecule has 0 unspecified atom stereocenters. The summed E-state index contributed by atoms with van der Waals surface area (Å²) < 4.78 is 0. The number of hydrogen-bond donors (Lipinski definition) is 2. The van der Waals surface area contributed by atoms with Crippen molar-refractivity contribution in [3.05, 3.63) is 53.6 Å². The van der Waals surface area contributed by atoms with Crippen molar-refractivity contribution in [3.63, 3.8) is 0 Å². The normalized spacial score (nSPS) is 16.2. The fourth-order valence-electron chi connectivity index (χ4n) is 2.79. The second-order valence-electron chi connectivity index (χ2n) is 5.81. The van der Waals surface area contributed by atoms with Gasteiger partial charge in [0, 0.05) is 17.0 Å². The van der Waals surface area contributed by atoms with Crippen LogP contribution < -0.4 is 10.6 Å². The molecule has 124 valence electrons. The number of benzene rings is 2. The molecular weight excluding hydrogens is 320 g/mol. The highest BCUT2D eigenvalue weighted by Crippen LogP contribution is 2.36. The molecule has 2 N–H and O–H groups in total. The number of amides is 2. The van der Waals surface area contributed by atoms with Gasteiger partial charge in [-0.1, -0.05) is 37.3 Å². The minimum Gasteiger partial charge on any atom is -0.326 e. The highest BCUT2D eigenvalue weighted by Gasteiger charge is 2.29. The molecule has 0 saturated carbocycles. The summed E-state index contributed by atoms with van der Waals surface area (Å²) in [4.78, 5) is 25.7. The molecule has 2 aromatic carbocycles. The molecule has 0 radical (unpaired) electrons. The van der Waals surface area contributed by atoms with Crippen LogP contribution in [0.2, 0.25) is 0 Å². The van der Waals surface area contributed by atoms with Gasteiger partial charge in [-0.15, -0.1) is 11.8 Å². The van der Waals surface area contributed by atoms with Crippen molar-refractivity contribution < 1.29 is 9.59 Å². The van der Waals surface area contributed by atoms with Crippen molar-refractivity contribution in [2.24, 2.45) is 0 Å². The third-order valence-electron chi connectivity index (χ3n) is 4.08. The van der Waals surface area contributed by atoms with E-state index in [2.05, 4.69) is 17.6 Å². The van der Waals surface area contributed by atoms with Crippen molar-refractivity contribution >= 4 is 35.0 Å². The van der Waals surface area contributed by atoms with E-state index < -0.39 is 5.25 Å². The highest BCUT2D eigenvalue weighted by molar-refractivity contribution is 8.01. The van der Waals surface area contributed by atoms with Gasteiger partial charge in [0.05, 0.1) is 10.9 Å². The van der Waals surface area contributed by atoms with Crippen LogP contribution in [0.25, 0.3) is 0 Å². The molecule has 1 aliphatic heterocycles. The number of carbonyl (C=O) groups excluding carboxylic acids is 2. The molecule has 5 heteroatoms. The predicted molar refractivity (Wildman–Crippen MR) is 98.5 cm³/mol. The number of fused-ring (bicyclic) bond motifs is 1. The molecule has 4 nitrogen and oxygen atoms in total. The van der Waals surface area contributed by atoms with Crippen LogP contribution in [0.5, 0.6) is 0 Å². The largest absolute Gasteiger partial charge is 0.326 e. The average molecular weight is 340 g/mol. The zero-order chi connectivity index (χ0) is 17.1. The maximum atomic E-state index is 12.5. The van der Waals surface area contributed by atoms with Crippen LogP contribution in [-0.2, 0) is 16.0 Å². The maximum absolute atomic E-state index is 12.5. The van der Waals surface area contributed by atoms with Crippen LogP contribution in [0.1, 0.15) is 24.5 Å². The van der Waals surface area contributed by atoms with Crippen molar-refractivity contribution in [2.45, 2.75) is 36.8 Å². The summed E-state index contributed by atoms with van der Waals surface area (Å²) in [6, 6.07) is 13.6. The van der Waals surface area contributed by atoms with E-state index in [0.717, 1.165) is 33.8 Å². The molecule has 0 spiro atoms. The van der Waals surface area contributed by atoms with Gasteiger partial charge in [-0.05, 0) is 36.6 Å². The molecule has 3 rings (SSSR count). The quantitative estimate of drug-likeness (QED) is 0.884. The Hall–Kier alpha value is -2.27. The summed E-state index contributed by atoms with van der Waals surface area (Å²) in [5.74, 6) is -0.250. The van der Waals surface area contributed by atoms with E-state index >= 15 is 0 Å². The molecular formula is C19H20N2O2S. The zero-order valence-corrected chi connectivity index (χ0v) is 14.6. The molecule has 0 aromatic heterocycles. The van der Waals surface area contributed by atoms with Crippen molar-refractivity contribution in [1.29, 1.82) is 0 Å². The molecule has 24 heavy (non-hydrogen) atoms. The second kappa shape index (κ2) is 7.09. The van der Waals surface area contributed by atoms with Crippen LogP contribution in [0.15, 0.2) is 47.4 Å². The Balaban J connectivity index is 1.71. The lowest BCUT2D eigenvalue weighted by Crippen LogP contribution is -2.32. The molecule has 2 amide bonds. The molecule has 1 aliphatic rings. The van der Waals surface area contributed by atoms with Crippen LogP contribution in [0.4, 0.5) is 11.4 Å². The summed E-state index contributed by atoms with van der Waals surface area (Å²) >= 11 is 1.45. The number of para-hydroxylation sites is 2. The van der Waals surface area contributed by atoms with E-state index in [0.29, 0.717) is 0 Å². The minimum absolute atomic E-state index is 0.116. The van der Waals surface area contributed by atoms with E-state index in [-0.39, 0.29) is 18.2 Å². The lowest BCUT2D eigenvalue weighted by atomic mass is 10.1. The van der Waals surface area contributed by atoms with Gasteiger partial charge in [0.15, 0.2) is 0 Å². The van der Waals surface area contributed by atoms with Crippen LogP contribution in [0, 0.1) is 6.92 Å². The molecule has 0 aliphatic carbocycles. The fraction of sp³-hybridized carbons (Fsp3) is 0.263. The lowest BCUT2D eigenvalue weighted by Gasteiger charge is -2.23. The lowest BCUT2D eigenvalue weighted by molar-refractivity contribution is -0.120. The highest BCUT2D eigenvalue weighted by atomic mass is 32.2. The SMILES string of the molecule is CCc1cccc(C)c1NC(=O)C[C@@H]1Sc2ccccc2NC1=O. The molecule has 1 atom stereocenters. The Morgan fingerprint density at radius 2 is 2.00 bits per heavy atom. The van der Waals surface area contributed by atoms with E-state index in [1.807, 2.05) is 49.4 Å². The van der Waals surface area contributed by atoms with Gasteiger partial charge in [-0.25, -0.2) is 0 Å². The van der Waals surface area contributed by atoms with Gasteiger partial charge in [0.2, 0.25) is 11.8 Å². The Morgan fingerprint density at radius 1 is 1.21 bits per heavy atom. The van der Waals surface area contributed by atoms with Crippen molar-refractivity contribution in [2.75, 3.05) is 10.6 Å².